The number of halogens is 1. The minimum Gasteiger partial charge on any atom is -0.383 e. The summed E-state index contributed by atoms with van der Waals surface area (Å²) < 4.78 is 1.28. The molecule has 8 nitrogen and oxygen atoms in total. The van der Waals surface area contributed by atoms with Crippen LogP contribution in [-0.2, 0) is 6.54 Å². The van der Waals surface area contributed by atoms with Crippen molar-refractivity contribution in [2.75, 3.05) is 17.2 Å². The molecule has 0 spiro atoms. The number of anilines is 2. The topological polar surface area (TPSA) is 114 Å². The van der Waals surface area contributed by atoms with Gasteiger partial charge < -0.3 is 10.6 Å². The summed E-state index contributed by atoms with van der Waals surface area (Å²) in [6.07, 6.45) is 1.34. The van der Waals surface area contributed by atoms with Crippen LogP contribution < -0.4 is 21.9 Å². The summed E-state index contributed by atoms with van der Waals surface area (Å²) in [5.74, 6) is -0.301. The standard InChI is InChI=1S/C18H24ClN5O3/c1-10(2)8-23(17(26)12-5-6-13(19)21-7-12)14-15(20)24(9-11(3)4)18(27)22-16(14)25/h5-7,10-11H,8-9,20H2,1-4H3,(H,22,25,27). The highest BCUT2D eigenvalue weighted by Gasteiger charge is 2.26. The predicted octanol–water partition coefficient (Wildman–Crippen LogP) is 2.13. The van der Waals surface area contributed by atoms with Crippen molar-refractivity contribution in [2.24, 2.45) is 11.8 Å². The number of carbonyl (C=O) groups excluding carboxylic acids is 1. The van der Waals surface area contributed by atoms with E-state index in [4.69, 9.17) is 17.3 Å². The Hall–Kier alpha value is -2.61. The number of nitrogen functional groups attached to an aromatic ring is 1. The van der Waals surface area contributed by atoms with Crippen molar-refractivity contribution in [3.63, 3.8) is 0 Å². The molecule has 2 aromatic heterocycles. The third kappa shape index (κ3) is 4.77. The lowest BCUT2D eigenvalue weighted by atomic mass is 10.1. The Morgan fingerprint density at radius 1 is 1.26 bits per heavy atom. The summed E-state index contributed by atoms with van der Waals surface area (Å²) in [5.41, 5.74) is 5.09. The Labute approximate surface area is 162 Å². The Morgan fingerprint density at radius 3 is 2.44 bits per heavy atom. The highest BCUT2D eigenvalue weighted by Crippen LogP contribution is 2.21. The average molecular weight is 394 g/mol. The third-order valence-electron chi connectivity index (χ3n) is 3.80. The summed E-state index contributed by atoms with van der Waals surface area (Å²) in [7, 11) is 0. The van der Waals surface area contributed by atoms with Crippen molar-refractivity contribution in [1.29, 1.82) is 0 Å². The number of H-pyrrole nitrogens is 1. The Bertz CT molecular complexity index is 931. The summed E-state index contributed by atoms with van der Waals surface area (Å²) in [4.78, 5) is 45.2. The van der Waals surface area contributed by atoms with Crippen molar-refractivity contribution in [3.8, 4) is 0 Å². The van der Waals surface area contributed by atoms with E-state index in [1.54, 1.807) is 0 Å². The maximum absolute atomic E-state index is 13.1. The molecule has 1 amide bonds. The number of aromatic nitrogens is 3. The summed E-state index contributed by atoms with van der Waals surface area (Å²) in [6.45, 7) is 8.24. The molecule has 3 N–H and O–H groups in total. The molecule has 0 atom stereocenters. The lowest BCUT2D eigenvalue weighted by Crippen LogP contribution is -2.43. The fourth-order valence-electron chi connectivity index (χ4n) is 2.68. The number of rotatable bonds is 6. The zero-order valence-electron chi connectivity index (χ0n) is 15.8. The van der Waals surface area contributed by atoms with Crippen LogP contribution in [0, 0.1) is 11.8 Å². The smallest absolute Gasteiger partial charge is 0.330 e. The van der Waals surface area contributed by atoms with Gasteiger partial charge in [0, 0.05) is 19.3 Å². The molecule has 0 aliphatic rings. The van der Waals surface area contributed by atoms with Crippen molar-refractivity contribution in [3.05, 3.63) is 49.9 Å². The first kappa shape index (κ1) is 20.7. The van der Waals surface area contributed by atoms with Crippen LogP contribution in [0.4, 0.5) is 11.5 Å². The number of carbonyl (C=O) groups is 1. The maximum Gasteiger partial charge on any atom is 0.330 e. The number of hydrogen-bond acceptors (Lipinski definition) is 5. The van der Waals surface area contributed by atoms with Crippen molar-refractivity contribution < 1.29 is 4.79 Å². The molecule has 0 aliphatic heterocycles. The van der Waals surface area contributed by atoms with Crippen LogP contribution >= 0.6 is 11.6 Å². The van der Waals surface area contributed by atoms with E-state index in [1.807, 2.05) is 27.7 Å². The van der Waals surface area contributed by atoms with Gasteiger partial charge in [-0.3, -0.25) is 19.1 Å². The monoisotopic (exact) mass is 393 g/mol. The van der Waals surface area contributed by atoms with E-state index in [-0.39, 0.29) is 40.6 Å². The largest absolute Gasteiger partial charge is 0.383 e. The van der Waals surface area contributed by atoms with Crippen LogP contribution in [0.25, 0.3) is 0 Å². The van der Waals surface area contributed by atoms with Gasteiger partial charge in [-0.25, -0.2) is 9.78 Å². The summed E-state index contributed by atoms with van der Waals surface area (Å²) in [5, 5.41) is 0.254. The number of nitrogens with one attached hydrogen (secondary N) is 1. The minimum atomic E-state index is -0.701. The van der Waals surface area contributed by atoms with E-state index in [9.17, 15) is 14.4 Å². The van der Waals surface area contributed by atoms with Crippen molar-refractivity contribution >= 4 is 29.0 Å². The number of nitrogens with two attached hydrogens (primary N) is 1. The molecule has 0 unspecified atom stereocenters. The molecule has 146 valence electrons. The minimum absolute atomic E-state index is 0.0339. The lowest BCUT2D eigenvalue weighted by Gasteiger charge is -2.26. The second kappa shape index (κ2) is 8.39. The van der Waals surface area contributed by atoms with E-state index >= 15 is 0 Å². The average Bonchev–Trinajstić information content (AvgIpc) is 2.57. The molecule has 0 radical (unpaired) electrons. The maximum atomic E-state index is 13.1. The zero-order valence-corrected chi connectivity index (χ0v) is 16.6. The SMILES string of the molecule is CC(C)CN(C(=O)c1ccc(Cl)nc1)c1c(N)n(CC(C)C)c(=O)[nH]c1=O. The highest BCUT2D eigenvalue weighted by molar-refractivity contribution is 6.29. The number of hydrogen-bond donors (Lipinski definition) is 2. The molecule has 0 aromatic carbocycles. The molecule has 9 heteroatoms. The Balaban J connectivity index is 2.63. The molecule has 0 bridgehead atoms. The number of pyridine rings is 1. The van der Waals surface area contributed by atoms with Crippen molar-refractivity contribution in [1.82, 2.24) is 14.5 Å². The Kier molecular flexibility index (Phi) is 6.43. The van der Waals surface area contributed by atoms with Gasteiger partial charge in [-0.2, -0.15) is 0 Å². The second-order valence-corrected chi connectivity index (χ2v) is 7.56. The van der Waals surface area contributed by atoms with Gasteiger partial charge in [-0.15, -0.1) is 0 Å². The van der Waals surface area contributed by atoms with Gasteiger partial charge >= 0.3 is 5.69 Å². The van der Waals surface area contributed by atoms with Crippen LogP contribution in [0.5, 0.6) is 0 Å². The van der Waals surface area contributed by atoms with E-state index in [0.717, 1.165) is 0 Å². The van der Waals surface area contributed by atoms with E-state index in [2.05, 4.69) is 9.97 Å². The molecule has 0 fully saturated rings. The molecule has 2 rings (SSSR count). The molecule has 0 saturated carbocycles. The number of amides is 1. The first-order chi connectivity index (χ1) is 12.6. The Morgan fingerprint density at radius 2 is 1.93 bits per heavy atom. The van der Waals surface area contributed by atoms with Gasteiger partial charge in [0.2, 0.25) is 0 Å². The predicted molar refractivity (Wildman–Crippen MR) is 106 cm³/mol. The summed E-state index contributed by atoms with van der Waals surface area (Å²) in [6, 6.07) is 3.02. The first-order valence-corrected chi connectivity index (χ1v) is 9.05. The van der Waals surface area contributed by atoms with Gasteiger partial charge in [-0.05, 0) is 24.0 Å². The first-order valence-electron chi connectivity index (χ1n) is 8.67. The fourth-order valence-corrected chi connectivity index (χ4v) is 2.80. The van der Waals surface area contributed by atoms with Crippen molar-refractivity contribution in [2.45, 2.75) is 34.2 Å². The summed E-state index contributed by atoms with van der Waals surface area (Å²) >= 11 is 5.79. The van der Waals surface area contributed by atoms with Gasteiger partial charge in [0.25, 0.3) is 11.5 Å². The van der Waals surface area contributed by atoms with Gasteiger partial charge in [0.05, 0.1) is 5.56 Å². The fraction of sp³-hybridized carbons (Fsp3) is 0.444. The highest BCUT2D eigenvalue weighted by atomic mass is 35.5. The molecule has 2 aromatic rings. The van der Waals surface area contributed by atoms with E-state index in [1.165, 1.54) is 27.8 Å². The molecule has 27 heavy (non-hydrogen) atoms. The van der Waals surface area contributed by atoms with Crippen LogP contribution in [-0.4, -0.2) is 27.0 Å². The molecule has 0 aliphatic carbocycles. The zero-order chi connectivity index (χ0) is 20.3. The van der Waals surface area contributed by atoms with Gasteiger partial charge in [-0.1, -0.05) is 39.3 Å². The van der Waals surface area contributed by atoms with Crippen LogP contribution in [0.1, 0.15) is 38.1 Å². The van der Waals surface area contributed by atoms with Crippen LogP contribution in [0.15, 0.2) is 27.9 Å². The van der Waals surface area contributed by atoms with E-state index < -0.39 is 17.2 Å². The molecule has 2 heterocycles. The lowest BCUT2D eigenvalue weighted by molar-refractivity contribution is 0.0983. The normalized spacial score (nSPS) is 11.2. The third-order valence-corrected chi connectivity index (χ3v) is 4.02. The van der Waals surface area contributed by atoms with Gasteiger partial charge in [0.15, 0.2) is 5.69 Å². The molecule has 0 saturated heterocycles. The van der Waals surface area contributed by atoms with Crippen LogP contribution in [0.2, 0.25) is 5.15 Å². The molecular formula is C18H24ClN5O3. The second-order valence-electron chi connectivity index (χ2n) is 7.18. The quantitative estimate of drug-likeness (QED) is 0.729. The molecular weight excluding hydrogens is 370 g/mol. The number of aromatic amines is 1. The van der Waals surface area contributed by atoms with E-state index in [0.29, 0.717) is 6.54 Å². The van der Waals surface area contributed by atoms with Crippen LogP contribution in [0.3, 0.4) is 0 Å². The number of nitrogens with zero attached hydrogens (tertiary/aromatic N) is 3. The van der Waals surface area contributed by atoms with Gasteiger partial charge in [0.1, 0.15) is 11.0 Å².